The van der Waals surface area contributed by atoms with Crippen molar-refractivity contribution in [1.29, 1.82) is 0 Å². The zero-order valence-electron chi connectivity index (χ0n) is 18.4. The molecule has 1 aromatic heterocycles. The SMILES string of the molecule is NCCCCCCNc1ccn([C@H]2C[C@H](O)[C@@H](COP(=O)(O)OP(=O)(O)OP(=O)(O)O)O2)c(=O)n1. The van der Waals surface area contributed by atoms with Crippen LogP contribution in [0, 0.1) is 0 Å². The molecule has 0 radical (unpaired) electrons. The average molecular weight is 566 g/mol. The van der Waals surface area contributed by atoms with Gasteiger partial charge in [-0.25, -0.2) is 18.5 Å². The van der Waals surface area contributed by atoms with E-state index in [1.165, 1.54) is 12.3 Å². The second-order valence-corrected chi connectivity index (χ2v) is 11.9. The molecule has 20 heteroatoms. The molecule has 2 heterocycles. The predicted molar refractivity (Wildman–Crippen MR) is 119 cm³/mol. The summed E-state index contributed by atoms with van der Waals surface area (Å²) in [5.41, 5.74) is 4.76. The zero-order chi connectivity index (χ0) is 26.3. The zero-order valence-corrected chi connectivity index (χ0v) is 21.0. The Morgan fingerprint density at radius 3 is 2.43 bits per heavy atom. The van der Waals surface area contributed by atoms with Crippen molar-refractivity contribution in [2.45, 2.75) is 50.5 Å². The number of anilines is 1. The van der Waals surface area contributed by atoms with E-state index in [0.29, 0.717) is 18.9 Å². The van der Waals surface area contributed by atoms with Crippen LogP contribution in [0.25, 0.3) is 0 Å². The first-order valence-electron chi connectivity index (χ1n) is 10.4. The molecule has 2 rings (SSSR count). The first-order chi connectivity index (χ1) is 16.2. The smallest absolute Gasteiger partial charge is 0.390 e. The number of aromatic nitrogens is 2. The van der Waals surface area contributed by atoms with Crippen LogP contribution >= 0.6 is 23.5 Å². The van der Waals surface area contributed by atoms with Crippen LogP contribution in [-0.4, -0.2) is 66.1 Å². The Morgan fingerprint density at radius 2 is 1.80 bits per heavy atom. The van der Waals surface area contributed by atoms with Crippen molar-refractivity contribution in [3.8, 4) is 0 Å². The lowest BCUT2D eigenvalue weighted by molar-refractivity contribution is -0.0449. The van der Waals surface area contributed by atoms with Crippen LogP contribution in [0.3, 0.4) is 0 Å². The second-order valence-electron chi connectivity index (χ2n) is 7.45. The van der Waals surface area contributed by atoms with Crippen molar-refractivity contribution in [1.82, 2.24) is 9.55 Å². The topological polar surface area (TPSA) is 262 Å². The minimum Gasteiger partial charge on any atom is -0.390 e. The van der Waals surface area contributed by atoms with Gasteiger partial charge in [-0.15, -0.1) is 0 Å². The van der Waals surface area contributed by atoms with E-state index in [1.54, 1.807) is 0 Å². The number of phosphoric acid groups is 3. The number of nitrogens with two attached hydrogens (primary N) is 1. The van der Waals surface area contributed by atoms with Gasteiger partial charge in [-0.2, -0.15) is 13.6 Å². The molecule has 2 unspecified atom stereocenters. The molecule has 0 amide bonds. The van der Waals surface area contributed by atoms with Crippen LogP contribution in [0.5, 0.6) is 0 Å². The van der Waals surface area contributed by atoms with Gasteiger partial charge in [0.05, 0.1) is 12.7 Å². The van der Waals surface area contributed by atoms with E-state index in [1.807, 2.05) is 0 Å². The number of ether oxygens (including phenoxy) is 1. The lowest BCUT2D eigenvalue weighted by Gasteiger charge is -2.19. The molecule has 202 valence electrons. The summed E-state index contributed by atoms with van der Waals surface area (Å²) >= 11 is 0. The summed E-state index contributed by atoms with van der Waals surface area (Å²) in [5, 5.41) is 13.2. The molecule has 35 heavy (non-hydrogen) atoms. The number of aliphatic hydroxyl groups excluding tert-OH is 1. The van der Waals surface area contributed by atoms with E-state index in [9.17, 15) is 28.5 Å². The molecule has 1 saturated heterocycles. The quantitative estimate of drug-likeness (QED) is 0.110. The highest BCUT2D eigenvalue weighted by molar-refractivity contribution is 7.66. The standard InChI is InChI=1S/C15H29N4O13P3/c16-6-3-1-2-4-7-17-13-5-8-19(15(21)18-13)14-9-11(20)12(30-14)10-29-34(25,26)32-35(27,28)31-33(22,23)24/h5,8,11-12,14,20H,1-4,6-7,9-10,16H2,(H,25,26)(H,27,28)(H,17,18,21)(H2,22,23,24)/t11-,12+,14+/m0/s1. The Balaban J connectivity index is 1.89. The number of unbranched alkanes of at least 4 members (excludes halogenated alkanes) is 3. The summed E-state index contributed by atoms with van der Waals surface area (Å²) in [6.07, 6.45) is 1.57. The third kappa shape index (κ3) is 10.9. The molecule has 1 fully saturated rings. The highest BCUT2D eigenvalue weighted by atomic mass is 31.3. The van der Waals surface area contributed by atoms with E-state index in [2.05, 4.69) is 23.4 Å². The number of rotatable bonds is 15. The van der Waals surface area contributed by atoms with Gasteiger partial charge in [0, 0.05) is 19.2 Å². The number of hydrogen-bond donors (Lipinski definition) is 7. The van der Waals surface area contributed by atoms with Gasteiger partial charge in [-0.1, -0.05) is 12.8 Å². The fraction of sp³-hybridized carbons (Fsp3) is 0.733. The van der Waals surface area contributed by atoms with Crippen molar-refractivity contribution in [3.05, 3.63) is 22.7 Å². The number of hydrogen-bond acceptors (Lipinski definition) is 12. The van der Waals surface area contributed by atoms with E-state index in [-0.39, 0.29) is 6.42 Å². The van der Waals surface area contributed by atoms with Crippen LogP contribution in [0.15, 0.2) is 17.1 Å². The number of phosphoric ester groups is 1. The van der Waals surface area contributed by atoms with Gasteiger partial charge < -0.3 is 40.5 Å². The van der Waals surface area contributed by atoms with Gasteiger partial charge in [0.1, 0.15) is 18.1 Å². The van der Waals surface area contributed by atoms with Gasteiger partial charge in [0.15, 0.2) is 0 Å². The van der Waals surface area contributed by atoms with E-state index in [0.717, 1.165) is 30.3 Å². The van der Waals surface area contributed by atoms with Crippen LogP contribution in [0.2, 0.25) is 0 Å². The molecular weight excluding hydrogens is 537 g/mol. The minimum absolute atomic E-state index is 0.111. The molecule has 17 nitrogen and oxygen atoms in total. The molecule has 0 aliphatic carbocycles. The first kappa shape index (κ1) is 30.2. The summed E-state index contributed by atoms with van der Waals surface area (Å²) in [5.74, 6) is 0.354. The Bertz CT molecular complexity index is 1030. The van der Waals surface area contributed by atoms with E-state index >= 15 is 0 Å². The molecule has 1 aromatic rings. The monoisotopic (exact) mass is 566 g/mol. The summed E-state index contributed by atoms with van der Waals surface area (Å²) in [6, 6.07) is 1.54. The molecule has 0 spiro atoms. The highest BCUT2D eigenvalue weighted by Gasteiger charge is 2.42. The summed E-state index contributed by atoms with van der Waals surface area (Å²) in [7, 11) is -16.6. The van der Waals surface area contributed by atoms with Crippen molar-refractivity contribution in [3.63, 3.8) is 0 Å². The van der Waals surface area contributed by atoms with Gasteiger partial charge >= 0.3 is 29.2 Å². The van der Waals surface area contributed by atoms with Crippen molar-refractivity contribution in [2.75, 3.05) is 25.0 Å². The van der Waals surface area contributed by atoms with Crippen LogP contribution < -0.4 is 16.7 Å². The molecule has 0 aromatic carbocycles. The third-order valence-corrected chi connectivity index (χ3v) is 8.40. The normalized spacial score (nSPS) is 24.1. The van der Waals surface area contributed by atoms with Crippen molar-refractivity contribution >= 4 is 29.3 Å². The second kappa shape index (κ2) is 13.0. The summed E-state index contributed by atoms with van der Waals surface area (Å²) in [4.78, 5) is 52.0. The van der Waals surface area contributed by atoms with Gasteiger partial charge in [0.25, 0.3) is 0 Å². The van der Waals surface area contributed by atoms with Crippen molar-refractivity contribution in [2.24, 2.45) is 5.73 Å². The van der Waals surface area contributed by atoms with E-state index in [4.69, 9.17) is 25.2 Å². The van der Waals surface area contributed by atoms with Crippen LogP contribution in [0.1, 0.15) is 38.3 Å². The molecule has 5 atom stereocenters. The molecule has 1 aliphatic rings. The highest BCUT2D eigenvalue weighted by Crippen LogP contribution is 2.66. The predicted octanol–water partition coefficient (Wildman–Crippen LogP) is 0.166. The number of nitrogens with zero attached hydrogens (tertiary/aromatic N) is 2. The largest absolute Gasteiger partial charge is 0.490 e. The Morgan fingerprint density at radius 1 is 1.11 bits per heavy atom. The minimum atomic E-state index is -5.67. The molecular formula is C15H29N4O13P3. The fourth-order valence-corrected chi connectivity index (χ4v) is 6.11. The first-order valence-corrected chi connectivity index (χ1v) is 14.9. The van der Waals surface area contributed by atoms with Crippen molar-refractivity contribution < 1.29 is 56.3 Å². The lowest BCUT2D eigenvalue weighted by Crippen LogP contribution is -2.28. The molecule has 0 saturated carbocycles. The average Bonchev–Trinajstić information content (AvgIpc) is 3.07. The Hall–Kier alpha value is -1.03. The lowest BCUT2D eigenvalue weighted by atomic mass is 10.2. The summed E-state index contributed by atoms with van der Waals surface area (Å²) < 4.78 is 52.0. The van der Waals surface area contributed by atoms with Gasteiger partial charge in [-0.3, -0.25) is 9.09 Å². The molecule has 8 N–H and O–H groups in total. The summed E-state index contributed by atoms with van der Waals surface area (Å²) in [6.45, 7) is 0.417. The maximum Gasteiger partial charge on any atom is 0.490 e. The fourth-order valence-electron chi connectivity index (χ4n) is 3.08. The maximum absolute atomic E-state index is 12.4. The molecule has 0 bridgehead atoms. The van der Waals surface area contributed by atoms with Gasteiger partial charge in [0.2, 0.25) is 0 Å². The van der Waals surface area contributed by atoms with E-state index < -0.39 is 54.2 Å². The number of aliphatic hydroxyl groups is 1. The van der Waals surface area contributed by atoms with Crippen LogP contribution in [-0.2, 0) is 31.6 Å². The Kier molecular flexibility index (Phi) is 11.2. The third-order valence-electron chi connectivity index (χ3n) is 4.60. The number of nitrogens with one attached hydrogen (secondary N) is 1. The van der Waals surface area contributed by atoms with Gasteiger partial charge in [-0.05, 0) is 25.5 Å². The molecule has 1 aliphatic heterocycles. The van der Waals surface area contributed by atoms with Crippen LogP contribution in [0.4, 0.5) is 5.82 Å². The Labute approximate surface area is 199 Å². The maximum atomic E-state index is 12.4.